The molecule has 0 unspecified atom stereocenters. The van der Waals surface area contributed by atoms with Gasteiger partial charge in [0.15, 0.2) is 6.29 Å². The summed E-state index contributed by atoms with van der Waals surface area (Å²) in [6, 6.07) is 8.79. The first-order valence-electron chi connectivity index (χ1n) is 12.2. The summed E-state index contributed by atoms with van der Waals surface area (Å²) in [4.78, 5) is 14.8. The fraction of sp³-hybridized carbons (Fsp3) is 0.615. The van der Waals surface area contributed by atoms with Crippen molar-refractivity contribution in [3.8, 4) is 11.1 Å². The SMILES string of the molecule is CCCn1cc(-c2cccc(CCOCCC(=O)N(CC(OC)OC)C3CCCC3)c2)cn1. The number of carbonyl (C=O) groups is 1. The molecule has 0 saturated heterocycles. The quantitative estimate of drug-likeness (QED) is 0.313. The van der Waals surface area contributed by atoms with E-state index in [4.69, 9.17) is 14.2 Å². The number of carbonyl (C=O) groups excluding carboxylic acids is 1. The summed E-state index contributed by atoms with van der Waals surface area (Å²) in [5, 5.41) is 4.43. The third-order valence-electron chi connectivity index (χ3n) is 6.30. The van der Waals surface area contributed by atoms with Gasteiger partial charge in [-0.15, -0.1) is 0 Å². The lowest BCUT2D eigenvalue weighted by Crippen LogP contribution is -2.44. The van der Waals surface area contributed by atoms with Gasteiger partial charge in [0.05, 0.1) is 32.4 Å². The van der Waals surface area contributed by atoms with Gasteiger partial charge in [0.1, 0.15) is 0 Å². The third-order valence-corrected chi connectivity index (χ3v) is 6.30. The van der Waals surface area contributed by atoms with Gasteiger partial charge in [0.25, 0.3) is 0 Å². The highest BCUT2D eigenvalue weighted by Gasteiger charge is 2.28. The van der Waals surface area contributed by atoms with Crippen molar-refractivity contribution in [1.82, 2.24) is 14.7 Å². The van der Waals surface area contributed by atoms with Crippen molar-refractivity contribution >= 4 is 5.91 Å². The number of ether oxygens (including phenoxy) is 3. The van der Waals surface area contributed by atoms with E-state index in [0.717, 1.165) is 37.8 Å². The van der Waals surface area contributed by atoms with Crippen LogP contribution in [0.3, 0.4) is 0 Å². The minimum absolute atomic E-state index is 0.118. The lowest BCUT2D eigenvalue weighted by molar-refractivity contribution is -0.150. The summed E-state index contributed by atoms with van der Waals surface area (Å²) in [6.45, 7) is 4.57. The topological polar surface area (TPSA) is 65.8 Å². The molecular formula is C26H39N3O4. The molecule has 1 amide bonds. The third kappa shape index (κ3) is 7.66. The predicted molar refractivity (Wildman–Crippen MR) is 129 cm³/mol. The zero-order valence-electron chi connectivity index (χ0n) is 20.4. The first-order chi connectivity index (χ1) is 16.1. The Bertz CT molecular complexity index is 844. The molecule has 1 aromatic heterocycles. The first kappa shape index (κ1) is 25.4. The largest absolute Gasteiger partial charge is 0.381 e. The van der Waals surface area contributed by atoms with Crippen LogP contribution in [0.2, 0.25) is 0 Å². The Kier molecular flexibility index (Phi) is 10.4. The van der Waals surface area contributed by atoms with Crippen molar-refractivity contribution < 1.29 is 19.0 Å². The van der Waals surface area contributed by atoms with Crippen molar-refractivity contribution in [2.75, 3.05) is 34.0 Å². The van der Waals surface area contributed by atoms with Crippen LogP contribution in [0, 0.1) is 0 Å². The van der Waals surface area contributed by atoms with Gasteiger partial charge in [-0.25, -0.2) is 0 Å². The standard InChI is InChI=1S/C26H39N3O4/c1-4-14-28-19-23(18-27-28)22-9-7-8-21(17-22)12-15-33-16-13-25(30)29(20-26(31-2)32-3)24-10-5-6-11-24/h7-9,17-19,24,26H,4-6,10-16,20H2,1-3H3. The zero-order valence-corrected chi connectivity index (χ0v) is 20.4. The fourth-order valence-corrected chi connectivity index (χ4v) is 4.44. The normalized spacial score (nSPS) is 14.3. The maximum Gasteiger partial charge on any atom is 0.225 e. The molecule has 7 heteroatoms. The second-order valence-electron chi connectivity index (χ2n) is 8.69. The lowest BCUT2D eigenvalue weighted by atomic mass is 10.0. The minimum Gasteiger partial charge on any atom is -0.381 e. The molecule has 33 heavy (non-hydrogen) atoms. The van der Waals surface area contributed by atoms with Crippen LogP contribution in [0.15, 0.2) is 36.7 Å². The second kappa shape index (κ2) is 13.5. The highest BCUT2D eigenvalue weighted by molar-refractivity contribution is 5.76. The maximum absolute atomic E-state index is 12.9. The van der Waals surface area contributed by atoms with Gasteiger partial charge in [-0.1, -0.05) is 44.0 Å². The molecular weight excluding hydrogens is 418 g/mol. The summed E-state index contributed by atoms with van der Waals surface area (Å²) in [5.41, 5.74) is 3.52. The summed E-state index contributed by atoms with van der Waals surface area (Å²) >= 11 is 0. The van der Waals surface area contributed by atoms with Crippen molar-refractivity contribution in [1.29, 1.82) is 0 Å². The highest BCUT2D eigenvalue weighted by Crippen LogP contribution is 2.25. The van der Waals surface area contributed by atoms with E-state index in [1.165, 1.54) is 24.0 Å². The molecule has 0 atom stereocenters. The summed E-state index contributed by atoms with van der Waals surface area (Å²) < 4.78 is 18.5. The molecule has 1 aliphatic rings. The fourth-order valence-electron chi connectivity index (χ4n) is 4.44. The number of aryl methyl sites for hydroxylation is 1. The van der Waals surface area contributed by atoms with E-state index in [9.17, 15) is 4.79 Å². The number of nitrogens with zero attached hydrogens (tertiary/aromatic N) is 3. The van der Waals surface area contributed by atoms with Crippen molar-refractivity contribution in [2.24, 2.45) is 0 Å². The van der Waals surface area contributed by atoms with Crippen LogP contribution in [0.4, 0.5) is 0 Å². The average Bonchev–Trinajstić information content (AvgIpc) is 3.53. The van der Waals surface area contributed by atoms with Crippen LogP contribution in [-0.2, 0) is 32.0 Å². The number of benzene rings is 1. The zero-order chi connectivity index (χ0) is 23.5. The molecule has 1 aromatic carbocycles. The van der Waals surface area contributed by atoms with Gasteiger partial charge in [0, 0.05) is 38.6 Å². The molecule has 0 N–H and O–H groups in total. The summed E-state index contributed by atoms with van der Waals surface area (Å²) in [5.74, 6) is 0.118. The number of methoxy groups -OCH3 is 2. The van der Waals surface area contributed by atoms with Crippen molar-refractivity contribution in [3.05, 3.63) is 42.2 Å². The molecule has 0 aliphatic heterocycles. The monoisotopic (exact) mass is 457 g/mol. The Labute approximate surface area is 198 Å². The van der Waals surface area contributed by atoms with Crippen LogP contribution < -0.4 is 0 Å². The van der Waals surface area contributed by atoms with Crippen molar-refractivity contribution in [3.63, 3.8) is 0 Å². The lowest BCUT2D eigenvalue weighted by Gasteiger charge is -2.31. The molecule has 1 aliphatic carbocycles. The molecule has 3 rings (SSSR count). The molecule has 2 aromatic rings. The number of hydrogen-bond donors (Lipinski definition) is 0. The van der Waals surface area contributed by atoms with Crippen molar-refractivity contribution in [2.45, 2.75) is 70.7 Å². The van der Waals surface area contributed by atoms with Gasteiger partial charge in [-0.05, 0) is 36.8 Å². The molecule has 0 bridgehead atoms. The Morgan fingerprint density at radius 3 is 2.70 bits per heavy atom. The van der Waals surface area contributed by atoms with E-state index in [1.54, 1.807) is 14.2 Å². The number of rotatable bonds is 14. The minimum atomic E-state index is -0.392. The first-order valence-corrected chi connectivity index (χ1v) is 12.2. The average molecular weight is 458 g/mol. The second-order valence-corrected chi connectivity index (χ2v) is 8.69. The number of hydrogen-bond acceptors (Lipinski definition) is 5. The van der Waals surface area contributed by atoms with Gasteiger partial charge in [-0.3, -0.25) is 9.48 Å². The smallest absolute Gasteiger partial charge is 0.225 e. The summed E-state index contributed by atoms with van der Waals surface area (Å²) in [6.07, 6.45) is 10.3. The highest BCUT2D eigenvalue weighted by atomic mass is 16.7. The van der Waals surface area contributed by atoms with Gasteiger partial charge >= 0.3 is 0 Å². The maximum atomic E-state index is 12.9. The Hall–Kier alpha value is -2.22. The van der Waals surface area contributed by atoms with Gasteiger partial charge < -0.3 is 19.1 Å². The molecule has 1 heterocycles. The molecule has 1 saturated carbocycles. The van der Waals surface area contributed by atoms with E-state index >= 15 is 0 Å². The van der Waals surface area contributed by atoms with Crippen LogP contribution in [0.5, 0.6) is 0 Å². The van der Waals surface area contributed by atoms with E-state index in [-0.39, 0.29) is 11.9 Å². The summed E-state index contributed by atoms with van der Waals surface area (Å²) in [7, 11) is 3.22. The van der Waals surface area contributed by atoms with Gasteiger partial charge in [0.2, 0.25) is 5.91 Å². The van der Waals surface area contributed by atoms with E-state index in [1.807, 2.05) is 15.8 Å². The Morgan fingerprint density at radius 2 is 1.97 bits per heavy atom. The Balaban J connectivity index is 1.44. The van der Waals surface area contributed by atoms with Gasteiger partial charge in [-0.2, -0.15) is 5.10 Å². The van der Waals surface area contributed by atoms with Crippen LogP contribution >= 0.6 is 0 Å². The molecule has 1 fully saturated rings. The number of aromatic nitrogens is 2. The molecule has 182 valence electrons. The predicted octanol–water partition coefficient (Wildman–Crippen LogP) is 4.30. The molecule has 0 radical (unpaired) electrons. The van der Waals surface area contributed by atoms with Crippen LogP contribution in [-0.4, -0.2) is 66.9 Å². The Morgan fingerprint density at radius 1 is 1.18 bits per heavy atom. The van der Waals surface area contributed by atoms with E-state index in [0.29, 0.717) is 26.2 Å². The molecule has 0 spiro atoms. The van der Waals surface area contributed by atoms with E-state index in [2.05, 4.69) is 42.5 Å². The molecule has 7 nitrogen and oxygen atoms in total. The van der Waals surface area contributed by atoms with E-state index < -0.39 is 6.29 Å². The van der Waals surface area contributed by atoms with Crippen LogP contribution in [0.1, 0.15) is 51.0 Å². The van der Waals surface area contributed by atoms with Crippen LogP contribution in [0.25, 0.3) is 11.1 Å². The number of amides is 1.